The van der Waals surface area contributed by atoms with Crippen LogP contribution in [-0.4, -0.2) is 12.3 Å². The summed E-state index contributed by atoms with van der Waals surface area (Å²) in [5, 5.41) is 12.3. The quantitative estimate of drug-likeness (QED) is 0.716. The Bertz CT molecular complexity index is 834. The molecule has 24 heavy (non-hydrogen) atoms. The fraction of sp³-hybridized carbons (Fsp3) is 0.200. The number of hydrogen-bond donors (Lipinski definition) is 1. The molecule has 3 aromatic rings. The molecule has 0 spiro atoms. The van der Waals surface area contributed by atoms with Crippen molar-refractivity contribution < 1.29 is 14.3 Å². The van der Waals surface area contributed by atoms with Crippen molar-refractivity contribution in [3.05, 3.63) is 72.3 Å². The third kappa shape index (κ3) is 3.54. The summed E-state index contributed by atoms with van der Waals surface area (Å²) in [5.41, 5.74) is 0.932. The zero-order chi connectivity index (χ0) is 17.2. The van der Waals surface area contributed by atoms with Gasteiger partial charge in [0.1, 0.15) is 11.5 Å². The van der Waals surface area contributed by atoms with Gasteiger partial charge in [0.2, 0.25) is 0 Å². The Kier molecular flexibility index (Phi) is 4.50. The maximum Gasteiger partial charge on any atom is 0.785 e. The maximum absolute atomic E-state index is 10.3. The van der Waals surface area contributed by atoms with Gasteiger partial charge in [0.15, 0.2) is 0 Å². The molecule has 0 unspecified atom stereocenters. The molecule has 4 heteroatoms. The summed E-state index contributed by atoms with van der Waals surface area (Å²) in [6, 6.07) is 21.3. The molecule has 0 heterocycles. The summed E-state index contributed by atoms with van der Waals surface area (Å²) in [5.74, 6) is 1.21. The number of fused-ring (bicyclic) bond motifs is 1. The van der Waals surface area contributed by atoms with Crippen molar-refractivity contribution in [1.29, 1.82) is 0 Å². The van der Waals surface area contributed by atoms with Crippen LogP contribution in [0.5, 0.6) is 11.5 Å². The lowest BCUT2D eigenvalue weighted by Crippen LogP contribution is -2.31. The minimum atomic E-state index is -1.38. The van der Waals surface area contributed by atoms with Crippen LogP contribution in [-0.2, 0) is 5.41 Å². The Morgan fingerprint density at radius 2 is 1.33 bits per heavy atom. The van der Waals surface area contributed by atoms with Gasteiger partial charge in [-0.05, 0) is 28.5 Å². The van der Waals surface area contributed by atoms with Crippen molar-refractivity contribution >= 4 is 18.1 Å². The van der Waals surface area contributed by atoms with Gasteiger partial charge in [-0.2, -0.15) is 0 Å². The fourth-order valence-electron chi connectivity index (χ4n) is 2.73. The Morgan fingerprint density at radius 3 is 2.12 bits per heavy atom. The summed E-state index contributed by atoms with van der Waals surface area (Å²) < 4.78 is 11.3. The van der Waals surface area contributed by atoms with Crippen molar-refractivity contribution in [2.24, 2.45) is 0 Å². The van der Waals surface area contributed by atoms with E-state index in [1.165, 1.54) is 0 Å². The molecule has 0 fully saturated rings. The van der Waals surface area contributed by atoms with E-state index in [-0.39, 0.29) is 5.41 Å². The summed E-state index contributed by atoms with van der Waals surface area (Å²) in [6.07, 6.45) is 0. The first kappa shape index (κ1) is 16.4. The predicted octanol–water partition coefficient (Wildman–Crippen LogP) is 4.57. The molecule has 0 aromatic heterocycles. The lowest BCUT2D eigenvalue weighted by Gasteiger charge is -2.23. The SMILES string of the molecule is CC(C)(C)c1ccccc1OB(O)Oc1cccc2ccccc12. The van der Waals surface area contributed by atoms with E-state index in [4.69, 9.17) is 9.31 Å². The van der Waals surface area contributed by atoms with Crippen molar-refractivity contribution in [1.82, 2.24) is 0 Å². The average molecular weight is 320 g/mol. The van der Waals surface area contributed by atoms with E-state index in [1.54, 1.807) is 0 Å². The van der Waals surface area contributed by atoms with Crippen LogP contribution in [0.15, 0.2) is 66.7 Å². The molecule has 0 radical (unpaired) electrons. The van der Waals surface area contributed by atoms with Crippen LogP contribution in [0, 0.1) is 0 Å². The van der Waals surface area contributed by atoms with Crippen LogP contribution >= 0.6 is 0 Å². The first-order valence-corrected chi connectivity index (χ1v) is 8.04. The third-order valence-corrected chi connectivity index (χ3v) is 3.90. The second kappa shape index (κ2) is 6.58. The van der Waals surface area contributed by atoms with Gasteiger partial charge in [0.05, 0.1) is 0 Å². The molecule has 3 nitrogen and oxygen atoms in total. The monoisotopic (exact) mass is 320 g/mol. The molecule has 0 aliphatic carbocycles. The minimum Gasteiger partial charge on any atom is -0.501 e. The van der Waals surface area contributed by atoms with Gasteiger partial charge in [-0.3, -0.25) is 0 Å². The number of benzene rings is 3. The molecule has 0 aliphatic heterocycles. The van der Waals surface area contributed by atoms with Crippen molar-refractivity contribution in [3.63, 3.8) is 0 Å². The van der Waals surface area contributed by atoms with Crippen molar-refractivity contribution in [2.45, 2.75) is 26.2 Å². The van der Waals surface area contributed by atoms with Gasteiger partial charge in [-0.25, -0.2) is 0 Å². The first-order chi connectivity index (χ1) is 11.4. The van der Waals surface area contributed by atoms with Gasteiger partial charge in [-0.15, -0.1) is 0 Å². The van der Waals surface area contributed by atoms with Crippen LogP contribution in [0.2, 0.25) is 0 Å². The van der Waals surface area contributed by atoms with Gasteiger partial charge >= 0.3 is 7.32 Å². The summed E-state index contributed by atoms with van der Waals surface area (Å²) in [6.45, 7) is 6.31. The second-order valence-corrected chi connectivity index (χ2v) is 6.77. The standard InChI is InChI=1S/C20H21BO3/c1-20(2,3)17-12-6-7-13-19(17)24-21(22)23-18-14-8-10-15-9-4-5-11-16(15)18/h4-14,22H,1-3H3. The van der Waals surface area contributed by atoms with Crippen LogP contribution in [0.25, 0.3) is 10.8 Å². The Hall–Kier alpha value is -2.46. The largest absolute Gasteiger partial charge is 0.785 e. The molecule has 1 N–H and O–H groups in total. The molecule has 3 rings (SSSR count). The Balaban J connectivity index is 1.83. The highest BCUT2D eigenvalue weighted by Crippen LogP contribution is 2.32. The van der Waals surface area contributed by atoms with Crippen molar-refractivity contribution in [3.8, 4) is 11.5 Å². The average Bonchev–Trinajstić information content (AvgIpc) is 2.54. The molecular weight excluding hydrogens is 299 g/mol. The molecule has 122 valence electrons. The van der Waals surface area contributed by atoms with Crippen LogP contribution in [0.3, 0.4) is 0 Å². The predicted molar refractivity (Wildman–Crippen MR) is 98.3 cm³/mol. The Morgan fingerprint density at radius 1 is 0.750 bits per heavy atom. The van der Waals surface area contributed by atoms with Gasteiger partial charge in [-0.1, -0.05) is 75.4 Å². The molecule has 3 aromatic carbocycles. The van der Waals surface area contributed by atoms with E-state index < -0.39 is 7.32 Å². The zero-order valence-corrected chi connectivity index (χ0v) is 14.2. The molecule has 0 amide bonds. The summed E-state index contributed by atoms with van der Waals surface area (Å²) in [4.78, 5) is 0. The number of hydrogen-bond acceptors (Lipinski definition) is 3. The van der Waals surface area contributed by atoms with Crippen LogP contribution < -0.4 is 9.31 Å². The normalized spacial score (nSPS) is 11.3. The zero-order valence-electron chi connectivity index (χ0n) is 14.2. The smallest absolute Gasteiger partial charge is 0.501 e. The van der Waals surface area contributed by atoms with E-state index in [2.05, 4.69) is 20.8 Å². The molecule has 0 saturated carbocycles. The number of rotatable bonds is 4. The van der Waals surface area contributed by atoms with E-state index in [1.807, 2.05) is 66.7 Å². The molecular formula is C20H21BO3. The van der Waals surface area contributed by atoms with Crippen LogP contribution in [0.4, 0.5) is 0 Å². The maximum atomic E-state index is 10.3. The van der Waals surface area contributed by atoms with Gasteiger partial charge in [0, 0.05) is 5.39 Å². The summed E-state index contributed by atoms with van der Waals surface area (Å²) >= 11 is 0. The highest BCUT2D eigenvalue weighted by atomic mass is 16.7. The van der Waals surface area contributed by atoms with Gasteiger partial charge < -0.3 is 14.3 Å². The van der Waals surface area contributed by atoms with Crippen LogP contribution in [0.1, 0.15) is 26.3 Å². The molecule has 0 saturated heterocycles. The molecule has 0 bridgehead atoms. The Labute approximate surface area is 143 Å². The van der Waals surface area contributed by atoms with E-state index >= 15 is 0 Å². The third-order valence-electron chi connectivity index (χ3n) is 3.90. The highest BCUT2D eigenvalue weighted by Gasteiger charge is 2.26. The molecule has 0 aliphatic rings. The topological polar surface area (TPSA) is 38.7 Å². The second-order valence-electron chi connectivity index (χ2n) is 6.77. The number of para-hydroxylation sites is 1. The summed E-state index contributed by atoms with van der Waals surface area (Å²) in [7, 11) is -1.38. The highest BCUT2D eigenvalue weighted by molar-refractivity contribution is 6.37. The van der Waals surface area contributed by atoms with Crippen molar-refractivity contribution in [2.75, 3.05) is 0 Å². The minimum absolute atomic E-state index is 0.0875. The van der Waals surface area contributed by atoms with E-state index in [0.29, 0.717) is 11.5 Å². The first-order valence-electron chi connectivity index (χ1n) is 8.04. The fourth-order valence-corrected chi connectivity index (χ4v) is 2.73. The molecule has 0 atom stereocenters. The van der Waals surface area contributed by atoms with E-state index in [9.17, 15) is 5.02 Å². The van der Waals surface area contributed by atoms with Gasteiger partial charge in [0.25, 0.3) is 0 Å². The lowest BCUT2D eigenvalue weighted by molar-refractivity contribution is 0.296. The lowest BCUT2D eigenvalue weighted by atomic mass is 9.86. The van der Waals surface area contributed by atoms with E-state index in [0.717, 1.165) is 16.3 Å².